The van der Waals surface area contributed by atoms with E-state index in [1.807, 2.05) is 38.8 Å². The first kappa shape index (κ1) is 66.9. The average Bonchev–Trinajstić information content (AvgIpc) is 1.40. The standard InChI is InChI=1S/C42H50ClN5O6S.C10H12N2O3.C8H10N2O2.CHF3O3S/c1-27-6-4-8-38(53-3)35-12-9-31(35)21-48-25-42(15-5-7-29-18-33(43)11-13-36(29)42)26-54-39-14-10-30(20-37(39)48)40(50)44-55(52,24-27)45-41(51)32-19-34-23-46(28(2)49)16-17-47(34)22-32;1-7(13)11-2-3-12-5-8(10(14)15)4-9(12)6-11;11-8(12)6-3-7-4-9-1-2-10(7)5-6;2-1(3,4)8(5,6)7/h4,8,10-11,13-14,18-20,22,27,31,35,38H,5-7,9,12,15-17,21,23-26H2,1-3H3,(H,44,45,50,51,52);4-5H,2-3,6H2,1H3,(H,14,15);3,5,9H,1-2,4H2,(H,11,12);(H,5,6,7)/b8-4+;;;/t27-,31-,35+,38-,42-,55?;;;/m0.../s1. The van der Waals surface area contributed by atoms with E-state index in [1.165, 1.54) is 25.0 Å². The Hall–Kier alpha value is -7.50. The first-order valence-corrected chi connectivity index (χ1v) is 32.9. The monoisotopic (exact) mass is 1310 g/mol. The SMILES string of the molecule is CC(=O)N1CCn2cc(C(=O)O)cc2C1.CO[C@H]1/C=C/C[C@H](C)CS(=O)(NC(=O)c2cc3n(c2)CCN(C(C)=O)C3)=NC(=O)c2ccc3c(c2)N(C[C@@H]2CC[C@H]21)C[C@@]1(CCCc2cc(Cl)ccc21)CO3.O=C(O)c1cc2n(c1)CCNC2.O=S(=O)(O)C(F)(F)F. The van der Waals surface area contributed by atoms with Gasteiger partial charge < -0.3 is 53.4 Å². The van der Waals surface area contributed by atoms with Gasteiger partial charge in [0.2, 0.25) is 11.8 Å². The van der Waals surface area contributed by atoms with Crippen molar-refractivity contribution in [1.82, 2.24) is 33.5 Å². The number of halogens is 4. The van der Waals surface area contributed by atoms with Gasteiger partial charge in [0.25, 0.3) is 11.8 Å². The van der Waals surface area contributed by atoms with Gasteiger partial charge in [-0.2, -0.15) is 21.6 Å². The van der Waals surface area contributed by atoms with Gasteiger partial charge in [0.05, 0.1) is 53.9 Å². The minimum Gasteiger partial charge on any atom is -0.490 e. The number of aromatic carboxylic acids is 2. The molecule has 4 amide bonds. The fourth-order valence-corrected chi connectivity index (χ4v) is 14.7. The Balaban J connectivity index is 0.000000219. The molecule has 1 fully saturated rings. The maximum atomic E-state index is 14.8. The number of aromatic nitrogens is 3. The van der Waals surface area contributed by atoms with Crippen molar-refractivity contribution in [2.45, 2.75) is 116 Å². The van der Waals surface area contributed by atoms with E-state index in [2.05, 4.69) is 43.6 Å². The topological polar surface area (TPSA) is 294 Å². The molecule has 0 saturated heterocycles. The number of aryl methyl sites for hydroxylation is 1. The number of fused-ring (bicyclic) bond motifs is 7. The first-order valence-electron chi connectivity index (χ1n) is 29.4. The number of carbonyl (C=O) groups excluding carboxylic acids is 4. The van der Waals surface area contributed by atoms with Gasteiger partial charge in [-0.15, -0.1) is 4.36 Å². The molecule has 8 heterocycles. The van der Waals surface area contributed by atoms with Gasteiger partial charge in [0.1, 0.15) is 15.7 Å². The molecular formula is C61H73ClF3N9O14S2. The lowest BCUT2D eigenvalue weighted by Crippen LogP contribution is -2.49. The molecule has 2 bridgehead atoms. The molecule has 1 spiro atoms. The zero-order valence-corrected chi connectivity index (χ0v) is 52.5. The fourth-order valence-electron chi connectivity index (χ4n) is 12.6. The normalized spacial score (nSPS) is 24.0. The first-order chi connectivity index (χ1) is 42.5. The molecule has 7 aliphatic rings. The molecule has 23 nitrogen and oxygen atoms in total. The molecule has 12 rings (SSSR count). The zero-order valence-electron chi connectivity index (χ0n) is 50.1. The number of amides is 4. The second-order valence-electron chi connectivity index (χ2n) is 23.7. The van der Waals surface area contributed by atoms with Gasteiger partial charge >= 0.3 is 27.6 Å². The highest BCUT2D eigenvalue weighted by Crippen LogP contribution is 2.47. The van der Waals surface area contributed by atoms with Crippen molar-refractivity contribution >= 4 is 72.9 Å². The molecule has 5 aromatic rings. The highest BCUT2D eigenvalue weighted by atomic mass is 35.5. The summed E-state index contributed by atoms with van der Waals surface area (Å²) in [5.41, 5.74) is 1.53. The molecule has 1 saturated carbocycles. The summed E-state index contributed by atoms with van der Waals surface area (Å²) in [6.45, 7) is 12.8. The lowest BCUT2D eigenvalue weighted by Gasteiger charge is -2.46. The van der Waals surface area contributed by atoms with Crippen LogP contribution >= 0.6 is 11.6 Å². The number of rotatable bonds is 5. The van der Waals surface area contributed by atoms with Gasteiger partial charge in [-0.05, 0) is 116 Å². The van der Waals surface area contributed by atoms with E-state index in [-0.39, 0.29) is 46.1 Å². The third-order valence-corrected chi connectivity index (χ3v) is 20.2. The number of methoxy groups -OCH3 is 1. The largest absolute Gasteiger partial charge is 0.522 e. The lowest BCUT2D eigenvalue weighted by atomic mass is 9.68. The van der Waals surface area contributed by atoms with Crippen molar-refractivity contribution in [2.75, 3.05) is 57.1 Å². The number of nitrogens with zero attached hydrogens (tertiary/aromatic N) is 7. The van der Waals surface area contributed by atoms with Crippen LogP contribution in [0.5, 0.6) is 5.75 Å². The van der Waals surface area contributed by atoms with Crippen molar-refractivity contribution < 1.29 is 78.8 Å². The minimum absolute atomic E-state index is 0.0175. The van der Waals surface area contributed by atoms with Crippen LogP contribution < -0.4 is 19.7 Å². The Morgan fingerprint density at radius 3 is 2.04 bits per heavy atom. The molecule has 3 aromatic heterocycles. The van der Waals surface area contributed by atoms with Crippen LogP contribution in [0.1, 0.15) is 123 Å². The van der Waals surface area contributed by atoms with Gasteiger partial charge in [-0.1, -0.05) is 36.7 Å². The number of anilines is 1. The average molecular weight is 1310 g/mol. The van der Waals surface area contributed by atoms with Crippen LogP contribution in [0.3, 0.4) is 0 Å². The highest BCUT2D eigenvalue weighted by molar-refractivity contribution is 7.92. The molecule has 5 N–H and O–H groups in total. The Labute approximate surface area is 524 Å². The van der Waals surface area contributed by atoms with Crippen molar-refractivity contribution in [1.29, 1.82) is 0 Å². The summed E-state index contributed by atoms with van der Waals surface area (Å²) in [7, 11) is -7.66. The molecule has 2 aliphatic carbocycles. The van der Waals surface area contributed by atoms with Crippen molar-refractivity contribution in [3.8, 4) is 5.75 Å². The van der Waals surface area contributed by atoms with Gasteiger partial charge in [0, 0.05) is 132 Å². The maximum Gasteiger partial charge on any atom is 0.522 e. The minimum atomic E-state index is -5.84. The molecule has 2 aromatic carbocycles. The number of carboxylic acid groups (broad SMARTS) is 2. The lowest BCUT2D eigenvalue weighted by molar-refractivity contribution is -0.131. The number of alkyl halides is 3. The van der Waals surface area contributed by atoms with Gasteiger partial charge in [-0.3, -0.25) is 28.5 Å². The Morgan fingerprint density at radius 2 is 1.47 bits per heavy atom. The van der Waals surface area contributed by atoms with Crippen molar-refractivity contribution in [3.63, 3.8) is 0 Å². The number of hydrogen-bond donors (Lipinski definition) is 5. The van der Waals surface area contributed by atoms with E-state index in [1.54, 1.807) is 59.8 Å². The predicted molar refractivity (Wildman–Crippen MR) is 326 cm³/mol. The summed E-state index contributed by atoms with van der Waals surface area (Å²) in [6, 6.07) is 16.6. The molecule has 486 valence electrons. The highest BCUT2D eigenvalue weighted by Gasteiger charge is 2.46. The second-order valence-corrected chi connectivity index (χ2v) is 27.6. The Bertz CT molecular complexity index is 3830. The van der Waals surface area contributed by atoms with Gasteiger partial charge in [0.15, 0.2) is 0 Å². The van der Waals surface area contributed by atoms with E-state index in [9.17, 15) is 46.1 Å². The maximum absolute atomic E-state index is 14.8. The van der Waals surface area contributed by atoms with E-state index in [0.29, 0.717) is 87.6 Å². The number of carboxylic acids is 2. The van der Waals surface area contributed by atoms with E-state index < -0.39 is 49.3 Å². The van der Waals surface area contributed by atoms with Crippen molar-refractivity contribution in [2.24, 2.45) is 22.1 Å². The second kappa shape index (κ2) is 27.5. The van der Waals surface area contributed by atoms with Crippen LogP contribution in [-0.4, -0.2) is 150 Å². The third-order valence-electron chi connectivity index (χ3n) is 17.4. The molecule has 0 radical (unpaired) electrons. The zero-order chi connectivity index (χ0) is 65.0. The molecule has 90 heavy (non-hydrogen) atoms. The van der Waals surface area contributed by atoms with Crippen LogP contribution in [0.4, 0.5) is 18.9 Å². The molecule has 6 atom stereocenters. The van der Waals surface area contributed by atoms with E-state index in [4.69, 9.17) is 44.3 Å². The third kappa shape index (κ3) is 15.6. The summed E-state index contributed by atoms with van der Waals surface area (Å²) in [5, 5.41) is 21.4. The Kier molecular flexibility index (Phi) is 20.5. The molecule has 29 heteroatoms. The number of carbonyl (C=O) groups is 6. The van der Waals surface area contributed by atoms with Gasteiger partial charge in [-0.25, -0.2) is 13.8 Å². The molecular weight excluding hydrogens is 1240 g/mol. The number of allylic oxidation sites excluding steroid dienone is 1. The summed E-state index contributed by atoms with van der Waals surface area (Å²) < 4.78 is 97.9. The number of nitrogens with one attached hydrogen (secondary N) is 2. The summed E-state index contributed by atoms with van der Waals surface area (Å²) >= 11 is 6.47. The smallest absolute Gasteiger partial charge is 0.490 e. The number of ether oxygens (including phenoxy) is 2. The number of hydrogen-bond acceptors (Lipinski definition) is 13. The van der Waals surface area contributed by atoms with Crippen molar-refractivity contribution in [3.05, 3.63) is 141 Å². The number of benzene rings is 2. The molecule has 1 unspecified atom stereocenters. The fraction of sp³-hybridized carbons (Fsp3) is 0.475. The van der Waals surface area contributed by atoms with Crippen LogP contribution in [-0.2, 0) is 85.5 Å². The quantitative estimate of drug-likeness (QED) is 0.0637. The van der Waals surface area contributed by atoms with Crippen LogP contribution in [0, 0.1) is 17.8 Å². The predicted octanol–water partition coefficient (Wildman–Crippen LogP) is 7.80. The Morgan fingerprint density at radius 1 is 0.856 bits per heavy atom. The summed E-state index contributed by atoms with van der Waals surface area (Å²) in [4.78, 5) is 78.2. The van der Waals surface area contributed by atoms with Crippen LogP contribution in [0.15, 0.2) is 89.7 Å². The summed E-state index contributed by atoms with van der Waals surface area (Å²) in [5.74, 6) is -1.81. The summed E-state index contributed by atoms with van der Waals surface area (Å²) in [6.07, 6.45) is 14.8. The van der Waals surface area contributed by atoms with E-state index >= 15 is 0 Å². The van der Waals surface area contributed by atoms with Crippen LogP contribution in [0.2, 0.25) is 5.02 Å². The van der Waals surface area contributed by atoms with E-state index in [0.717, 1.165) is 86.1 Å². The van der Waals surface area contributed by atoms with Crippen LogP contribution in [0.25, 0.3) is 0 Å². The molecule has 5 aliphatic heterocycles.